The van der Waals surface area contributed by atoms with Gasteiger partial charge in [-0.3, -0.25) is 19.1 Å². The van der Waals surface area contributed by atoms with E-state index in [-0.39, 0.29) is 43.5 Å². The number of hydrogen-bond donors (Lipinski definition) is 4. The zero-order valence-electron chi connectivity index (χ0n) is 28.8. The highest BCUT2D eigenvalue weighted by Crippen LogP contribution is 2.46. The predicted molar refractivity (Wildman–Crippen MR) is 183 cm³/mol. The Hall–Kier alpha value is -4.47. The Morgan fingerprint density at radius 2 is 1.94 bits per heavy atom. The third-order valence-corrected chi connectivity index (χ3v) is 12.1. The van der Waals surface area contributed by atoms with Gasteiger partial charge in [0.25, 0.3) is 5.91 Å². The van der Waals surface area contributed by atoms with Crippen molar-refractivity contribution in [1.82, 2.24) is 25.2 Å². The Labute approximate surface area is 295 Å². The Morgan fingerprint density at radius 1 is 1.18 bits per heavy atom. The molecule has 1 saturated heterocycles. The second-order valence-electron chi connectivity index (χ2n) is 14.2. The lowest BCUT2D eigenvalue weighted by Crippen LogP contribution is -2.59. The normalized spacial score (nSPS) is 29.9. The molecule has 0 unspecified atom stereocenters. The van der Waals surface area contributed by atoms with E-state index in [0.29, 0.717) is 36.5 Å². The van der Waals surface area contributed by atoms with E-state index in [1.165, 1.54) is 23.2 Å². The number of halogens is 1. The fourth-order valence-corrected chi connectivity index (χ4v) is 8.66. The summed E-state index contributed by atoms with van der Waals surface area (Å²) in [7, 11) is -3.92. The van der Waals surface area contributed by atoms with Crippen molar-refractivity contribution < 1.29 is 46.6 Å². The summed E-state index contributed by atoms with van der Waals surface area (Å²) in [6.45, 7) is 5.64. The van der Waals surface area contributed by atoms with Crippen LogP contribution < -0.4 is 24.8 Å². The molecule has 6 rings (SSSR count). The molecule has 2 saturated carbocycles. The molecule has 2 aromatic rings. The molecule has 0 radical (unpaired) electrons. The molecule has 51 heavy (non-hydrogen) atoms. The molecule has 276 valence electrons. The number of fused-ring (bicyclic) bond motifs is 3. The molecule has 7 atom stereocenters. The monoisotopic (exact) mass is 729 g/mol. The van der Waals surface area contributed by atoms with E-state index in [9.17, 15) is 37.1 Å². The molecule has 1 aromatic carbocycles. The predicted octanol–water partition coefficient (Wildman–Crippen LogP) is 3.25. The lowest BCUT2D eigenvalue weighted by molar-refractivity contribution is -0.142. The van der Waals surface area contributed by atoms with Crippen molar-refractivity contribution in [2.75, 3.05) is 13.2 Å². The molecule has 16 heteroatoms. The summed E-state index contributed by atoms with van der Waals surface area (Å²) >= 11 is 0. The number of rotatable bonds is 8. The van der Waals surface area contributed by atoms with E-state index in [4.69, 9.17) is 9.47 Å². The molecular formula is C35H44FN5O9S. The van der Waals surface area contributed by atoms with Crippen LogP contribution in [0.1, 0.15) is 65.7 Å². The summed E-state index contributed by atoms with van der Waals surface area (Å²) in [5.74, 6) is -3.52. The number of aromatic nitrogens is 1. The average Bonchev–Trinajstić information content (AvgIpc) is 3.99. The summed E-state index contributed by atoms with van der Waals surface area (Å²) in [6, 6.07) is 2.01. The van der Waals surface area contributed by atoms with Crippen molar-refractivity contribution in [3.05, 3.63) is 42.4 Å². The molecule has 2 aliphatic heterocycles. The summed E-state index contributed by atoms with van der Waals surface area (Å²) < 4.78 is 54.3. The van der Waals surface area contributed by atoms with E-state index in [0.717, 1.165) is 6.42 Å². The summed E-state index contributed by atoms with van der Waals surface area (Å²) in [6.07, 6.45) is 5.80. The third kappa shape index (κ3) is 7.75. The maximum absolute atomic E-state index is 14.9. The van der Waals surface area contributed by atoms with Crippen LogP contribution in [-0.4, -0.2) is 89.4 Å². The zero-order chi connectivity index (χ0) is 36.7. The highest BCUT2D eigenvalue weighted by molar-refractivity contribution is 7.91. The highest BCUT2D eigenvalue weighted by atomic mass is 32.2. The number of carbonyl (C=O) groups excluding carboxylic acids is 3. The average molecular weight is 730 g/mol. The quantitative estimate of drug-likeness (QED) is 0.293. The van der Waals surface area contributed by atoms with Crippen molar-refractivity contribution >= 4 is 44.6 Å². The van der Waals surface area contributed by atoms with Crippen LogP contribution in [0.2, 0.25) is 0 Å². The van der Waals surface area contributed by atoms with Gasteiger partial charge in [0.2, 0.25) is 27.7 Å². The van der Waals surface area contributed by atoms with Crippen LogP contribution in [0.5, 0.6) is 11.6 Å². The van der Waals surface area contributed by atoms with Gasteiger partial charge in [0.05, 0.1) is 18.4 Å². The Morgan fingerprint density at radius 3 is 2.65 bits per heavy atom. The van der Waals surface area contributed by atoms with E-state index < -0.39 is 80.5 Å². The Balaban J connectivity index is 1.33. The van der Waals surface area contributed by atoms with Crippen molar-refractivity contribution in [2.24, 2.45) is 17.8 Å². The van der Waals surface area contributed by atoms with E-state index >= 15 is 0 Å². The summed E-state index contributed by atoms with van der Waals surface area (Å²) in [4.78, 5) is 59.7. The maximum atomic E-state index is 14.9. The van der Waals surface area contributed by atoms with E-state index in [1.807, 2.05) is 19.1 Å². The molecule has 4 amide bonds. The topological polar surface area (TPSA) is 193 Å². The fourth-order valence-electron chi connectivity index (χ4n) is 7.30. The standard InChI is InChI=1S/C35H44FN5O9S/c1-4-49-28-14-21-11-12-37-31(25(21)16-26(28)36)50-23-15-27-30(42)39-35(33(44)40-51(47,48)24-9-10-24)17-22(35)8-6-5-7-19(2)13-20(3)29(38-34(45)46)32(43)41(27)18-23/h6,8,11-12,14,16,19-20,22-24,27,29,38H,4-5,7,9-10,13,15,17-18H2,1-3H3,(H,39,42)(H,40,44)(H,45,46)/t19-,20+,22+,23+,27-,29-,35+/m0/s1. The number of ether oxygens (including phenoxy) is 2. The third-order valence-electron chi connectivity index (χ3n) is 10.3. The number of amides is 4. The minimum Gasteiger partial charge on any atom is -0.491 e. The first-order chi connectivity index (χ1) is 24.2. The van der Waals surface area contributed by atoms with Gasteiger partial charge in [-0.25, -0.2) is 22.6 Å². The molecule has 2 aliphatic carbocycles. The first-order valence-corrected chi connectivity index (χ1v) is 19.0. The van der Waals surface area contributed by atoms with Gasteiger partial charge in [-0.15, -0.1) is 0 Å². The van der Waals surface area contributed by atoms with Crippen molar-refractivity contribution in [2.45, 2.75) is 94.7 Å². The number of nitrogens with one attached hydrogen (secondary N) is 3. The summed E-state index contributed by atoms with van der Waals surface area (Å²) in [5.41, 5.74) is -1.56. The van der Waals surface area contributed by atoms with Gasteiger partial charge in [-0.1, -0.05) is 26.0 Å². The zero-order valence-corrected chi connectivity index (χ0v) is 29.6. The van der Waals surface area contributed by atoms with Crippen LogP contribution in [-0.2, 0) is 24.4 Å². The highest BCUT2D eigenvalue weighted by Gasteiger charge is 2.62. The number of nitrogens with zero attached hydrogens (tertiary/aromatic N) is 2. The second-order valence-corrected chi connectivity index (χ2v) is 16.2. The number of hydrogen-bond acceptors (Lipinski definition) is 9. The first kappa shape index (κ1) is 36.3. The SMILES string of the molecule is CCOc1cc2ccnc(O[C@@H]3C[C@H]4C(=O)N[C@]5(C(=O)NS(=O)(=O)C6CC6)C[C@H]5C=CCC[C@H](C)C[C@@H](C)[C@H](NC(=O)O)C(=O)N4C3)c2cc1F. The fraction of sp³-hybridized carbons (Fsp3) is 0.571. The van der Waals surface area contributed by atoms with Crippen LogP contribution >= 0.6 is 0 Å². The molecular weight excluding hydrogens is 685 g/mol. The van der Waals surface area contributed by atoms with Gasteiger partial charge in [0.1, 0.15) is 23.7 Å². The largest absolute Gasteiger partial charge is 0.491 e. The lowest BCUT2D eigenvalue weighted by atomic mass is 9.88. The summed E-state index contributed by atoms with van der Waals surface area (Å²) in [5, 5.41) is 15.1. The van der Waals surface area contributed by atoms with Crippen LogP contribution in [0.25, 0.3) is 10.8 Å². The Bertz CT molecular complexity index is 1850. The van der Waals surface area contributed by atoms with Gasteiger partial charge >= 0.3 is 6.09 Å². The lowest BCUT2D eigenvalue weighted by Gasteiger charge is -2.32. The van der Waals surface area contributed by atoms with E-state index in [1.54, 1.807) is 19.9 Å². The smallest absolute Gasteiger partial charge is 0.405 e. The van der Waals surface area contributed by atoms with Crippen molar-refractivity contribution in [1.29, 1.82) is 0 Å². The first-order valence-electron chi connectivity index (χ1n) is 17.4. The molecule has 1 aromatic heterocycles. The van der Waals surface area contributed by atoms with Crippen LogP contribution in [0, 0.1) is 23.6 Å². The molecule has 4 aliphatic rings. The van der Waals surface area contributed by atoms with Gasteiger partial charge in [-0.2, -0.15) is 0 Å². The second kappa shape index (κ2) is 14.3. The van der Waals surface area contributed by atoms with Crippen molar-refractivity contribution in [3.8, 4) is 11.6 Å². The minimum absolute atomic E-state index is 0.0611. The van der Waals surface area contributed by atoms with Gasteiger partial charge < -0.3 is 30.1 Å². The van der Waals surface area contributed by atoms with Gasteiger partial charge in [0.15, 0.2) is 11.6 Å². The van der Waals surface area contributed by atoms with Crippen molar-refractivity contribution in [3.63, 3.8) is 0 Å². The molecule has 0 spiro atoms. The van der Waals surface area contributed by atoms with Gasteiger partial charge in [0, 0.05) is 23.9 Å². The molecule has 4 N–H and O–H groups in total. The number of pyridine rings is 1. The Kier molecular flexibility index (Phi) is 10.2. The maximum Gasteiger partial charge on any atom is 0.405 e. The minimum atomic E-state index is -3.92. The van der Waals surface area contributed by atoms with Crippen LogP contribution in [0.15, 0.2) is 36.5 Å². The number of sulfonamides is 1. The van der Waals surface area contributed by atoms with Crippen LogP contribution in [0.3, 0.4) is 0 Å². The number of benzene rings is 1. The number of carboxylic acid groups (broad SMARTS) is 1. The number of carbonyl (C=O) groups is 4. The molecule has 0 bridgehead atoms. The molecule has 3 fully saturated rings. The molecule has 14 nitrogen and oxygen atoms in total. The molecule has 3 heterocycles. The van der Waals surface area contributed by atoms with Crippen LogP contribution in [0.4, 0.5) is 9.18 Å². The number of allylic oxidation sites excluding steroid dienone is 1. The van der Waals surface area contributed by atoms with Gasteiger partial charge in [-0.05, 0) is 80.9 Å². The van der Waals surface area contributed by atoms with E-state index in [2.05, 4.69) is 20.3 Å².